The lowest BCUT2D eigenvalue weighted by atomic mass is 10.1. The van der Waals surface area contributed by atoms with Crippen LogP contribution in [0.25, 0.3) is 0 Å². The summed E-state index contributed by atoms with van der Waals surface area (Å²) in [7, 11) is 0. The summed E-state index contributed by atoms with van der Waals surface area (Å²) in [6, 6.07) is 1.48. The average molecular weight is 283 g/mol. The maximum Gasteiger partial charge on any atom is 0.351 e. The van der Waals surface area contributed by atoms with Crippen LogP contribution in [0.5, 0.6) is 0 Å². The first-order valence-corrected chi connectivity index (χ1v) is 6.44. The van der Waals surface area contributed by atoms with E-state index in [1.807, 2.05) is 0 Å². The Bertz CT molecular complexity index is 643. The van der Waals surface area contributed by atoms with Crippen LogP contribution >= 0.6 is 0 Å². The second-order valence-electron chi connectivity index (χ2n) is 5.34. The van der Waals surface area contributed by atoms with Gasteiger partial charge in [-0.3, -0.25) is 4.57 Å². The van der Waals surface area contributed by atoms with Crippen molar-refractivity contribution < 1.29 is 17.0 Å². The molecule has 20 heavy (non-hydrogen) atoms. The zero-order valence-corrected chi connectivity index (χ0v) is 11.6. The molecule has 0 spiro atoms. The van der Waals surface area contributed by atoms with Crippen LogP contribution in [-0.4, -0.2) is 33.7 Å². The van der Waals surface area contributed by atoms with Crippen molar-refractivity contribution in [1.82, 2.24) is 9.55 Å². The maximum atomic E-state index is 12.0. The summed E-state index contributed by atoms with van der Waals surface area (Å²) >= 11 is 0. The van der Waals surface area contributed by atoms with Crippen molar-refractivity contribution in [2.45, 2.75) is 57.5 Å². The molecule has 0 amide bonds. The van der Waals surface area contributed by atoms with Crippen LogP contribution in [0.4, 0.5) is 5.82 Å². The SMILES string of the molecule is [2H]C([2H])(C)[C@H]1O[C@@H](n2ccc(N)nc2=O)C2OC(C)(C)O[C@H]21. The average Bonchev–Trinajstić information content (AvgIpc) is 2.82. The third-order valence-corrected chi connectivity index (χ3v) is 3.44. The minimum Gasteiger partial charge on any atom is -0.383 e. The van der Waals surface area contributed by atoms with Crippen molar-refractivity contribution >= 4 is 5.82 Å². The zero-order valence-electron chi connectivity index (χ0n) is 13.6. The van der Waals surface area contributed by atoms with Gasteiger partial charge < -0.3 is 19.9 Å². The van der Waals surface area contributed by atoms with E-state index in [2.05, 4.69) is 4.98 Å². The van der Waals surface area contributed by atoms with E-state index in [0.29, 0.717) is 0 Å². The highest BCUT2D eigenvalue weighted by molar-refractivity contribution is 5.23. The maximum absolute atomic E-state index is 12.0. The Balaban J connectivity index is 2.00. The number of anilines is 1. The van der Waals surface area contributed by atoms with Gasteiger partial charge in [0.05, 0.1) is 6.10 Å². The molecule has 2 fully saturated rings. The van der Waals surface area contributed by atoms with Gasteiger partial charge in [-0.2, -0.15) is 4.98 Å². The third-order valence-electron chi connectivity index (χ3n) is 3.44. The van der Waals surface area contributed by atoms with Gasteiger partial charge in [-0.25, -0.2) is 4.79 Å². The van der Waals surface area contributed by atoms with Gasteiger partial charge in [0.1, 0.15) is 18.0 Å². The zero-order chi connectivity index (χ0) is 16.3. The molecule has 2 aliphatic rings. The summed E-state index contributed by atoms with van der Waals surface area (Å²) in [5.74, 6) is -0.756. The number of nitrogen functional groups attached to an aromatic ring is 1. The first-order valence-electron chi connectivity index (χ1n) is 7.44. The molecular formula is C13H19N3O4. The van der Waals surface area contributed by atoms with Gasteiger partial charge in [0, 0.05) is 8.94 Å². The van der Waals surface area contributed by atoms with Gasteiger partial charge in [0.25, 0.3) is 0 Å². The second-order valence-corrected chi connectivity index (χ2v) is 5.34. The molecular weight excluding hydrogens is 262 g/mol. The molecule has 0 radical (unpaired) electrons. The molecule has 1 aromatic heterocycles. The third kappa shape index (κ3) is 2.11. The molecule has 0 aromatic carbocycles. The Hall–Kier alpha value is -1.44. The van der Waals surface area contributed by atoms with E-state index in [0.717, 1.165) is 0 Å². The van der Waals surface area contributed by atoms with Crippen molar-refractivity contribution in [3.63, 3.8) is 0 Å². The van der Waals surface area contributed by atoms with Crippen LogP contribution in [0, 0.1) is 0 Å². The standard InChI is InChI=1S/C13H19N3O4/c1-4-7-9-10(20-13(2,3)19-9)11(18-7)16-6-5-8(14)15-12(16)17/h5-7,9-11H,4H2,1-3H3,(H2,14,15,17)/t7-,9+,10?,11-/m1/s1/i4D2. The molecule has 2 saturated heterocycles. The lowest BCUT2D eigenvalue weighted by molar-refractivity contribution is -0.197. The summed E-state index contributed by atoms with van der Waals surface area (Å²) < 4.78 is 34.5. The minimum absolute atomic E-state index is 0.113. The molecule has 0 bridgehead atoms. The molecule has 0 saturated carbocycles. The quantitative estimate of drug-likeness (QED) is 0.857. The van der Waals surface area contributed by atoms with Crippen molar-refractivity contribution in [3.8, 4) is 0 Å². The molecule has 1 unspecified atom stereocenters. The fourth-order valence-corrected chi connectivity index (χ4v) is 2.65. The van der Waals surface area contributed by atoms with E-state index < -0.39 is 42.4 Å². The lowest BCUT2D eigenvalue weighted by Gasteiger charge is -2.24. The number of nitrogens with two attached hydrogens (primary N) is 1. The monoisotopic (exact) mass is 283 g/mol. The molecule has 2 N–H and O–H groups in total. The van der Waals surface area contributed by atoms with Crippen LogP contribution in [0.3, 0.4) is 0 Å². The highest BCUT2D eigenvalue weighted by atomic mass is 16.8. The number of nitrogens with zero attached hydrogens (tertiary/aromatic N) is 2. The molecule has 7 heteroatoms. The molecule has 3 heterocycles. The fraction of sp³-hybridized carbons (Fsp3) is 0.692. The normalized spacial score (nSPS) is 37.4. The summed E-state index contributed by atoms with van der Waals surface area (Å²) in [4.78, 5) is 15.7. The van der Waals surface area contributed by atoms with Gasteiger partial charge in [0.2, 0.25) is 0 Å². The lowest BCUT2D eigenvalue weighted by Crippen LogP contribution is -2.35. The van der Waals surface area contributed by atoms with Crippen molar-refractivity contribution in [1.29, 1.82) is 0 Å². The molecule has 2 aliphatic heterocycles. The van der Waals surface area contributed by atoms with Crippen LogP contribution in [0.15, 0.2) is 17.1 Å². The van der Waals surface area contributed by atoms with Crippen LogP contribution in [-0.2, 0) is 14.2 Å². The van der Waals surface area contributed by atoms with Gasteiger partial charge >= 0.3 is 5.69 Å². The number of hydrogen-bond acceptors (Lipinski definition) is 6. The largest absolute Gasteiger partial charge is 0.383 e. The second kappa shape index (κ2) is 4.54. The predicted molar refractivity (Wildman–Crippen MR) is 70.9 cm³/mol. The topological polar surface area (TPSA) is 88.6 Å². The molecule has 0 aliphatic carbocycles. The Morgan fingerprint density at radius 3 is 2.85 bits per heavy atom. The van der Waals surface area contributed by atoms with Crippen LogP contribution < -0.4 is 11.4 Å². The first kappa shape index (κ1) is 11.2. The number of fused-ring (bicyclic) bond motifs is 1. The van der Waals surface area contributed by atoms with Gasteiger partial charge in [0.15, 0.2) is 12.0 Å². The van der Waals surface area contributed by atoms with Gasteiger partial charge in [-0.1, -0.05) is 6.92 Å². The molecule has 110 valence electrons. The highest BCUT2D eigenvalue weighted by Gasteiger charge is 2.55. The number of hydrogen-bond donors (Lipinski definition) is 1. The number of ether oxygens (including phenoxy) is 3. The fourth-order valence-electron chi connectivity index (χ4n) is 2.65. The highest BCUT2D eigenvalue weighted by Crippen LogP contribution is 2.43. The Kier molecular flexibility index (Phi) is 2.55. The van der Waals surface area contributed by atoms with Crippen LogP contribution in [0.1, 0.15) is 36.1 Å². The summed E-state index contributed by atoms with van der Waals surface area (Å²) in [5, 5.41) is 0. The Morgan fingerprint density at radius 1 is 1.50 bits per heavy atom. The van der Waals surface area contributed by atoms with E-state index >= 15 is 0 Å². The van der Waals surface area contributed by atoms with E-state index in [1.54, 1.807) is 13.8 Å². The minimum atomic E-state index is -1.65. The van der Waals surface area contributed by atoms with Crippen molar-refractivity contribution in [2.75, 3.05) is 5.73 Å². The summed E-state index contributed by atoms with van der Waals surface area (Å²) in [6.45, 7) is 4.90. The van der Waals surface area contributed by atoms with Crippen molar-refractivity contribution in [2.24, 2.45) is 0 Å². The van der Waals surface area contributed by atoms with Crippen LogP contribution in [0.2, 0.25) is 0 Å². The summed E-state index contributed by atoms with van der Waals surface area (Å²) in [6.07, 6.45) is -3.05. The summed E-state index contributed by atoms with van der Waals surface area (Å²) in [5.41, 5.74) is 4.92. The van der Waals surface area contributed by atoms with Gasteiger partial charge in [-0.15, -0.1) is 0 Å². The number of aromatic nitrogens is 2. The van der Waals surface area contributed by atoms with E-state index in [9.17, 15) is 4.79 Å². The van der Waals surface area contributed by atoms with Gasteiger partial charge in [-0.05, 0) is 26.3 Å². The van der Waals surface area contributed by atoms with E-state index in [-0.39, 0.29) is 5.82 Å². The molecule has 1 aromatic rings. The van der Waals surface area contributed by atoms with E-state index in [4.69, 9.17) is 22.7 Å². The smallest absolute Gasteiger partial charge is 0.351 e. The molecule has 4 atom stereocenters. The Morgan fingerprint density at radius 2 is 2.20 bits per heavy atom. The van der Waals surface area contributed by atoms with E-state index in [1.165, 1.54) is 23.8 Å². The molecule has 3 rings (SSSR count). The Labute approximate surface area is 119 Å². The predicted octanol–water partition coefficient (Wildman–Crippen LogP) is 0.653. The molecule has 7 nitrogen and oxygen atoms in total. The number of rotatable bonds is 2. The van der Waals surface area contributed by atoms with Crippen molar-refractivity contribution in [3.05, 3.63) is 22.7 Å². The first-order chi connectivity index (χ1) is 10.1.